The highest BCUT2D eigenvalue weighted by atomic mass is 14.9. The number of nitrogens with zero attached hydrogens (tertiary/aromatic N) is 2. The smallest absolute Gasteiger partial charge is 0.138 e. The van der Waals surface area contributed by atoms with Gasteiger partial charge in [-0.3, -0.25) is 5.41 Å². The number of H-pyrrole nitrogens is 1. The monoisotopic (exact) mass is 202 g/mol. The second-order valence-corrected chi connectivity index (χ2v) is 2.95. The summed E-state index contributed by atoms with van der Waals surface area (Å²) < 4.78 is 0. The van der Waals surface area contributed by atoms with E-state index in [0.717, 1.165) is 5.57 Å². The third kappa shape index (κ3) is 3.02. The van der Waals surface area contributed by atoms with Gasteiger partial charge in [-0.1, -0.05) is 18.7 Å². The lowest BCUT2D eigenvalue weighted by atomic mass is 10.2. The molecular formula is C11H14N4. The van der Waals surface area contributed by atoms with Gasteiger partial charge in [-0.2, -0.15) is 0 Å². The minimum atomic E-state index is 0.254. The maximum atomic E-state index is 7.26. The summed E-state index contributed by atoms with van der Waals surface area (Å²) in [5.74, 6) is 0.957. The molecule has 1 heterocycles. The summed E-state index contributed by atoms with van der Waals surface area (Å²) in [6.07, 6.45) is 5.29. The number of nitrogens with one attached hydrogen (secondary N) is 2. The number of hydrogen-bond donors (Lipinski definition) is 2. The topological polar surface area (TPSA) is 64.9 Å². The Morgan fingerprint density at radius 1 is 1.67 bits per heavy atom. The van der Waals surface area contributed by atoms with E-state index in [1.807, 2.05) is 13.0 Å². The van der Waals surface area contributed by atoms with Crippen molar-refractivity contribution in [2.45, 2.75) is 13.8 Å². The van der Waals surface area contributed by atoms with Crippen molar-refractivity contribution in [1.82, 2.24) is 9.97 Å². The van der Waals surface area contributed by atoms with Gasteiger partial charge in [-0.25, -0.2) is 9.98 Å². The molecule has 0 fully saturated rings. The minimum Gasteiger partial charge on any atom is -0.324 e. The minimum absolute atomic E-state index is 0.254. The first-order chi connectivity index (χ1) is 7.17. The Kier molecular flexibility index (Phi) is 3.74. The molecule has 0 aliphatic rings. The van der Waals surface area contributed by atoms with Crippen LogP contribution in [0.5, 0.6) is 0 Å². The standard InChI is InChI=1S/C11H14N4/c1-4-9(5-2)11-13-7-6-10(15-11)14-8(3)12/h4-7H,1H2,2-3H3,(H2,12,13,14,15)/b9-5+. The molecule has 4 nitrogen and oxygen atoms in total. The van der Waals surface area contributed by atoms with Gasteiger partial charge in [0.15, 0.2) is 0 Å². The SMILES string of the molecule is C=C/C(=C\C)c1ncc/c(=N/C(C)=N)[nH]1. The Labute approximate surface area is 88.6 Å². The predicted octanol–water partition coefficient (Wildman–Crippen LogP) is 1.90. The Morgan fingerprint density at radius 3 is 2.93 bits per heavy atom. The van der Waals surface area contributed by atoms with Gasteiger partial charge in [-0.15, -0.1) is 0 Å². The highest BCUT2D eigenvalue weighted by Gasteiger charge is 1.96. The number of amidine groups is 1. The van der Waals surface area contributed by atoms with Gasteiger partial charge >= 0.3 is 0 Å². The Hall–Kier alpha value is -1.97. The van der Waals surface area contributed by atoms with E-state index in [9.17, 15) is 0 Å². The van der Waals surface area contributed by atoms with E-state index in [0.29, 0.717) is 11.3 Å². The molecule has 0 atom stereocenters. The Balaban J connectivity index is 3.24. The Morgan fingerprint density at radius 2 is 2.40 bits per heavy atom. The number of allylic oxidation sites excluding steroid dienone is 3. The van der Waals surface area contributed by atoms with Crippen molar-refractivity contribution >= 4 is 11.4 Å². The summed E-state index contributed by atoms with van der Waals surface area (Å²) >= 11 is 0. The lowest BCUT2D eigenvalue weighted by molar-refractivity contribution is 1.04. The number of rotatable bonds is 2. The highest BCUT2D eigenvalue weighted by molar-refractivity contribution is 5.76. The quantitative estimate of drug-likeness (QED) is 0.429. The fourth-order valence-electron chi connectivity index (χ4n) is 1.12. The maximum absolute atomic E-state index is 7.26. The molecule has 0 aromatic carbocycles. The molecule has 15 heavy (non-hydrogen) atoms. The second kappa shape index (κ2) is 5.05. The molecule has 0 amide bonds. The van der Waals surface area contributed by atoms with Crippen LogP contribution in [0.2, 0.25) is 0 Å². The maximum Gasteiger partial charge on any atom is 0.138 e. The first-order valence-electron chi connectivity index (χ1n) is 4.61. The number of aromatic amines is 1. The molecule has 0 aliphatic carbocycles. The van der Waals surface area contributed by atoms with Crippen LogP contribution in [-0.4, -0.2) is 15.8 Å². The fourth-order valence-corrected chi connectivity index (χ4v) is 1.12. The zero-order chi connectivity index (χ0) is 11.3. The third-order valence-corrected chi connectivity index (χ3v) is 1.78. The first kappa shape index (κ1) is 11.1. The van der Waals surface area contributed by atoms with Gasteiger partial charge in [0, 0.05) is 11.8 Å². The van der Waals surface area contributed by atoms with Gasteiger partial charge in [-0.05, 0) is 19.9 Å². The largest absolute Gasteiger partial charge is 0.324 e. The van der Waals surface area contributed by atoms with Crippen LogP contribution in [0.4, 0.5) is 0 Å². The number of hydrogen-bond acceptors (Lipinski definition) is 2. The van der Waals surface area contributed by atoms with E-state index in [1.165, 1.54) is 0 Å². The van der Waals surface area contributed by atoms with E-state index >= 15 is 0 Å². The van der Waals surface area contributed by atoms with Gasteiger partial charge in [0.25, 0.3) is 0 Å². The van der Waals surface area contributed by atoms with Crippen molar-refractivity contribution < 1.29 is 0 Å². The van der Waals surface area contributed by atoms with Crippen LogP contribution in [0.3, 0.4) is 0 Å². The molecule has 0 radical (unpaired) electrons. The first-order valence-corrected chi connectivity index (χ1v) is 4.61. The van der Waals surface area contributed by atoms with E-state index in [-0.39, 0.29) is 5.84 Å². The van der Waals surface area contributed by atoms with Crippen molar-refractivity contribution in [3.63, 3.8) is 0 Å². The van der Waals surface area contributed by atoms with Gasteiger partial charge in [0.1, 0.15) is 17.1 Å². The second-order valence-electron chi connectivity index (χ2n) is 2.95. The molecule has 0 aliphatic heterocycles. The van der Waals surface area contributed by atoms with E-state index in [2.05, 4.69) is 21.5 Å². The van der Waals surface area contributed by atoms with Gasteiger partial charge in [0.05, 0.1) is 0 Å². The molecule has 1 aromatic heterocycles. The molecule has 78 valence electrons. The molecule has 2 N–H and O–H groups in total. The lowest BCUT2D eigenvalue weighted by Gasteiger charge is -1.99. The van der Waals surface area contributed by atoms with E-state index in [4.69, 9.17) is 5.41 Å². The molecule has 0 spiro atoms. The molecule has 1 rings (SSSR count). The van der Waals surface area contributed by atoms with E-state index < -0.39 is 0 Å². The van der Waals surface area contributed by atoms with Crippen molar-refractivity contribution in [1.29, 1.82) is 5.41 Å². The fraction of sp³-hybridized carbons (Fsp3) is 0.182. The molecule has 0 saturated carbocycles. The molecule has 0 unspecified atom stereocenters. The molecular weight excluding hydrogens is 188 g/mol. The van der Waals surface area contributed by atoms with Crippen LogP contribution in [0.1, 0.15) is 19.7 Å². The van der Waals surface area contributed by atoms with Crippen molar-refractivity contribution in [2.75, 3.05) is 0 Å². The third-order valence-electron chi connectivity index (χ3n) is 1.78. The van der Waals surface area contributed by atoms with Crippen LogP contribution >= 0.6 is 0 Å². The van der Waals surface area contributed by atoms with Crippen molar-refractivity contribution in [3.8, 4) is 0 Å². The highest BCUT2D eigenvalue weighted by Crippen LogP contribution is 2.06. The van der Waals surface area contributed by atoms with E-state index in [1.54, 1.807) is 25.3 Å². The Bertz CT molecular complexity index is 465. The normalized spacial score (nSPS) is 12.7. The summed E-state index contributed by atoms with van der Waals surface area (Å²) in [7, 11) is 0. The number of aromatic nitrogens is 2. The van der Waals surface area contributed by atoms with Crippen LogP contribution in [-0.2, 0) is 0 Å². The summed E-state index contributed by atoms with van der Waals surface area (Å²) in [6.45, 7) is 7.24. The van der Waals surface area contributed by atoms with Gasteiger partial charge < -0.3 is 4.98 Å². The molecule has 4 heteroatoms. The lowest BCUT2D eigenvalue weighted by Crippen LogP contribution is -2.12. The summed E-state index contributed by atoms with van der Waals surface area (Å²) in [4.78, 5) is 11.2. The molecule has 1 aromatic rings. The van der Waals surface area contributed by atoms with Gasteiger partial charge in [0.2, 0.25) is 0 Å². The van der Waals surface area contributed by atoms with Crippen LogP contribution in [0.15, 0.2) is 36.0 Å². The van der Waals surface area contributed by atoms with Crippen LogP contribution in [0, 0.1) is 5.41 Å². The summed E-state index contributed by atoms with van der Waals surface area (Å²) in [6, 6.07) is 1.72. The predicted molar refractivity (Wildman–Crippen MR) is 61.4 cm³/mol. The van der Waals surface area contributed by atoms with Crippen molar-refractivity contribution in [2.24, 2.45) is 4.99 Å². The zero-order valence-corrected chi connectivity index (χ0v) is 8.91. The summed E-state index contributed by atoms with van der Waals surface area (Å²) in [5, 5.41) is 7.26. The average Bonchev–Trinajstić information content (AvgIpc) is 2.19. The van der Waals surface area contributed by atoms with Crippen molar-refractivity contribution in [3.05, 3.63) is 42.3 Å². The molecule has 0 saturated heterocycles. The van der Waals surface area contributed by atoms with Crippen LogP contribution in [0.25, 0.3) is 5.57 Å². The average molecular weight is 202 g/mol. The molecule has 0 bridgehead atoms. The van der Waals surface area contributed by atoms with Crippen LogP contribution < -0.4 is 5.49 Å². The zero-order valence-electron chi connectivity index (χ0n) is 8.91. The summed E-state index contributed by atoms with van der Waals surface area (Å²) in [5.41, 5.74) is 1.53.